The molecule has 6 rings (SSSR count). The summed E-state index contributed by atoms with van der Waals surface area (Å²) in [6, 6.07) is 29.6. The predicted molar refractivity (Wildman–Crippen MR) is 121 cm³/mol. The molecule has 0 fully saturated rings. The Labute approximate surface area is 178 Å². The molecule has 31 heavy (non-hydrogen) atoms. The van der Waals surface area contributed by atoms with Gasteiger partial charge in [-0.25, -0.2) is 15.0 Å². The molecule has 0 radical (unpaired) electrons. The van der Waals surface area contributed by atoms with Gasteiger partial charge < -0.3 is 4.42 Å². The molecular formula is C26H16N4O. The first-order valence-corrected chi connectivity index (χ1v) is 10.0. The zero-order valence-corrected chi connectivity index (χ0v) is 16.4. The van der Waals surface area contributed by atoms with E-state index in [1.165, 1.54) is 0 Å². The Morgan fingerprint density at radius 3 is 1.81 bits per heavy atom. The lowest BCUT2D eigenvalue weighted by atomic mass is 10.1. The lowest BCUT2D eigenvalue weighted by Crippen LogP contribution is -2.00. The van der Waals surface area contributed by atoms with Crippen LogP contribution in [0.4, 0.5) is 0 Å². The van der Waals surface area contributed by atoms with Crippen LogP contribution in [0.3, 0.4) is 0 Å². The molecule has 6 aromatic rings. The Morgan fingerprint density at radius 1 is 0.516 bits per heavy atom. The molecule has 0 amide bonds. The molecule has 0 N–H and O–H groups in total. The maximum absolute atomic E-state index is 6.01. The van der Waals surface area contributed by atoms with Crippen LogP contribution >= 0.6 is 0 Å². The Balaban J connectivity index is 1.66. The molecule has 146 valence electrons. The lowest BCUT2D eigenvalue weighted by Gasteiger charge is -2.09. The largest absolute Gasteiger partial charge is 0.454 e. The van der Waals surface area contributed by atoms with E-state index >= 15 is 0 Å². The molecule has 0 aliphatic heterocycles. The van der Waals surface area contributed by atoms with Gasteiger partial charge in [-0.2, -0.15) is 0 Å². The fraction of sp³-hybridized carbons (Fsp3) is 0. The molecule has 0 aliphatic carbocycles. The molecule has 0 saturated heterocycles. The molecular weight excluding hydrogens is 384 g/mol. The van der Waals surface area contributed by atoms with Crippen LogP contribution in [0.1, 0.15) is 0 Å². The van der Waals surface area contributed by atoms with Crippen molar-refractivity contribution in [3.8, 4) is 34.2 Å². The lowest BCUT2D eigenvalue weighted by molar-refractivity contribution is 0.668. The van der Waals surface area contributed by atoms with Gasteiger partial charge in [0.05, 0.1) is 5.39 Å². The molecule has 3 aromatic carbocycles. The van der Waals surface area contributed by atoms with Crippen LogP contribution in [0.25, 0.3) is 56.2 Å². The van der Waals surface area contributed by atoms with E-state index in [1.807, 2.05) is 91.0 Å². The first-order chi connectivity index (χ1) is 15.4. The van der Waals surface area contributed by atoms with Crippen LogP contribution in [-0.4, -0.2) is 19.9 Å². The minimum atomic E-state index is 0.589. The second-order valence-corrected chi connectivity index (χ2v) is 7.17. The van der Waals surface area contributed by atoms with Gasteiger partial charge in [0.2, 0.25) is 0 Å². The van der Waals surface area contributed by atoms with Crippen LogP contribution in [0.2, 0.25) is 0 Å². The van der Waals surface area contributed by atoms with E-state index < -0.39 is 0 Å². The number of rotatable bonds is 3. The molecule has 5 nitrogen and oxygen atoms in total. The number of aromatic nitrogens is 4. The summed E-state index contributed by atoms with van der Waals surface area (Å²) >= 11 is 0. The number of furan rings is 1. The van der Waals surface area contributed by atoms with Crippen molar-refractivity contribution in [3.63, 3.8) is 0 Å². The molecule has 0 saturated carbocycles. The molecule has 0 aliphatic rings. The van der Waals surface area contributed by atoms with Crippen molar-refractivity contribution in [2.45, 2.75) is 0 Å². The van der Waals surface area contributed by atoms with Crippen molar-refractivity contribution in [3.05, 3.63) is 97.2 Å². The second-order valence-electron chi connectivity index (χ2n) is 7.17. The minimum absolute atomic E-state index is 0.589. The van der Waals surface area contributed by atoms with E-state index in [2.05, 4.69) is 4.98 Å². The summed E-state index contributed by atoms with van der Waals surface area (Å²) in [6.45, 7) is 0. The first kappa shape index (κ1) is 17.5. The maximum atomic E-state index is 6.01. The Kier molecular flexibility index (Phi) is 4.03. The monoisotopic (exact) mass is 400 g/mol. The molecule has 5 heteroatoms. The summed E-state index contributed by atoms with van der Waals surface area (Å²) in [6.07, 6.45) is 1.77. The first-order valence-electron chi connectivity index (χ1n) is 10.0. The van der Waals surface area contributed by atoms with Gasteiger partial charge in [0.15, 0.2) is 23.1 Å². The van der Waals surface area contributed by atoms with Gasteiger partial charge in [0.1, 0.15) is 11.1 Å². The topological polar surface area (TPSA) is 64.7 Å². The van der Waals surface area contributed by atoms with E-state index in [0.29, 0.717) is 17.5 Å². The Bertz CT molecular complexity index is 1470. The van der Waals surface area contributed by atoms with Gasteiger partial charge in [-0.05, 0) is 18.2 Å². The second kappa shape index (κ2) is 7.15. The highest BCUT2D eigenvalue weighted by molar-refractivity contribution is 6.09. The van der Waals surface area contributed by atoms with Crippen molar-refractivity contribution < 1.29 is 4.42 Å². The Hall–Kier alpha value is -4.38. The molecule has 0 unspecified atom stereocenters. The summed E-state index contributed by atoms with van der Waals surface area (Å²) < 4.78 is 6.01. The van der Waals surface area contributed by atoms with Crippen LogP contribution in [-0.2, 0) is 0 Å². The van der Waals surface area contributed by atoms with E-state index in [1.54, 1.807) is 6.20 Å². The number of benzene rings is 3. The fourth-order valence-electron chi connectivity index (χ4n) is 3.75. The third-order valence-corrected chi connectivity index (χ3v) is 5.19. The molecule has 0 spiro atoms. The van der Waals surface area contributed by atoms with E-state index in [4.69, 9.17) is 19.4 Å². The van der Waals surface area contributed by atoms with Crippen LogP contribution < -0.4 is 0 Å². The summed E-state index contributed by atoms with van der Waals surface area (Å²) in [5, 5.41) is 0.905. The third kappa shape index (κ3) is 3.04. The van der Waals surface area contributed by atoms with Crippen LogP contribution in [0, 0.1) is 0 Å². The van der Waals surface area contributed by atoms with Crippen molar-refractivity contribution >= 4 is 22.1 Å². The van der Waals surface area contributed by atoms with Gasteiger partial charge in [0.25, 0.3) is 0 Å². The van der Waals surface area contributed by atoms with Crippen LogP contribution in [0.5, 0.6) is 0 Å². The van der Waals surface area contributed by atoms with Crippen molar-refractivity contribution in [1.82, 2.24) is 19.9 Å². The quantitative estimate of drug-likeness (QED) is 0.356. The molecule has 0 bridgehead atoms. The maximum Gasteiger partial charge on any atom is 0.164 e. The van der Waals surface area contributed by atoms with Gasteiger partial charge >= 0.3 is 0 Å². The summed E-state index contributed by atoms with van der Waals surface area (Å²) in [5.74, 6) is 1.84. The zero-order valence-electron chi connectivity index (χ0n) is 16.4. The fourth-order valence-corrected chi connectivity index (χ4v) is 3.75. The standard InChI is InChI=1S/C26H16N4O/c1-3-9-17(10-4-1)24-28-25(18-11-5-2-6-12-18)30-26(29-24)19-13-7-14-20-22(19)23-21(31-20)15-8-16-27-23/h1-16H. The predicted octanol–water partition coefficient (Wildman–Crippen LogP) is 6.17. The van der Waals surface area contributed by atoms with Crippen LogP contribution in [0.15, 0.2) is 102 Å². The van der Waals surface area contributed by atoms with Gasteiger partial charge in [0, 0.05) is 22.9 Å². The average molecular weight is 400 g/mol. The smallest absolute Gasteiger partial charge is 0.164 e. The minimum Gasteiger partial charge on any atom is -0.454 e. The number of fused-ring (bicyclic) bond motifs is 3. The highest BCUT2D eigenvalue weighted by atomic mass is 16.3. The average Bonchev–Trinajstić information content (AvgIpc) is 3.24. The number of hydrogen-bond acceptors (Lipinski definition) is 5. The molecule has 0 atom stereocenters. The number of hydrogen-bond donors (Lipinski definition) is 0. The van der Waals surface area contributed by atoms with E-state index in [-0.39, 0.29) is 0 Å². The SMILES string of the molecule is c1ccc(-c2nc(-c3ccccc3)nc(-c3cccc4oc5cccnc5c34)n2)cc1. The Morgan fingerprint density at radius 2 is 1.13 bits per heavy atom. The van der Waals surface area contributed by atoms with Gasteiger partial charge in [-0.3, -0.25) is 4.98 Å². The third-order valence-electron chi connectivity index (χ3n) is 5.19. The normalized spacial score (nSPS) is 11.2. The van der Waals surface area contributed by atoms with Crippen molar-refractivity contribution in [1.29, 1.82) is 0 Å². The zero-order chi connectivity index (χ0) is 20.6. The number of nitrogens with zero attached hydrogens (tertiary/aromatic N) is 4. The summed E-state index contributed by atoms with van der Waals surface area (Å²) in [5.41, 5.74) is 5.04. The highest BCUT2D eigenvalue weighted by Gasteiger charge is 2.17. The van der Waals surface area contributed by atoms with Crippen molar-refractivity contribution in [2.24, 2.45) is 0 Å². The van der Waals surface area contributed by atoms with Gasteiger partial charge in [-0.1, -0.05) is 72.8 Å². The molecule has 3 heterocycles. The van der Waals surface area contributed by atoms with E-state index in [0.717, 1.165) is 38.8 Å². The van der Waals surface area contributed by atoms with Gasteiger partial charge in [-0.15, -0.1) is 0 Å². The number of pyridine rings is 1. The summed E-state index contributed by atoms with van der Waals surface area (Å²) in [7, 11) is 0. The molecule has 3 aromatic heterocycles. The summed E-state index contributed by atoms with van der Waals surface area (Å²) in [4.78, 5) is 19.0. The highest BCUT2D eigenvalue weighted by Crippen LogP contribution is 2.35. The van der Waals surface area contributed by atoms with Crippen molar-refractivity contribution in [2.75, 3.05) is 0 Å². The van der Waals surface area contributed by atoms with E-state index in [9.17, 15) is 0 Å².